The summed E-state index contributed by atoms with van der Waals surface area (Å²) in [7, 11) is -1.33. The summed E-state index contributed by atoms with van der Waals surface area (Å²) < 4.78 is 23.4. The van der Waals surface area contributed by atoms with Crippen molar-refractivity contribution in [3.05, 3.63) is 41.5 Å². The number of fused-ring (bicyclic) bond motifs is 1. The van der Waals surface area contributed by atoms with Crippen LogP contribution < -0.4 is 0 Å². The molecule has 0 saturated carbocycles. The molecule has 1 aliphatic heterocycles. The number of nitrogens with zero attached hydrogens (tertiary/aromatic N) is 3. The smallest absolute Gasteiger partial charge is 0.233 e. The summed E-state index contributed by atoms with van der Waals surface area (Å²) in [4.78, 5) is 23.9. The number of aryl methyl sites for hydroxylation is 1. The largest absolute Gasteiger partial charge is 0.341 e. The number of sulfone groups is 1. The molecule has 1 amide bonds. The molecule has 1 fully saturated rings. The number of carbonyl (C=O) groups is 1. The van der Waals surface area contributed by atoms with Gasteiger partial charge in [-0.05, 0) is 18.9 Å². The van der Waals surface area contributed by atoms with E-state index >= 15 is 0 Å². The third-order valence-electron chi connectivity index (χ3n) is 5.18. The van der Waals surface area contributed by atoms with Gasteiger partial charge in [0, 0.05) is 24.0 Å². The molecule has 0 spiro atoms. The number of hydrogen-bond acceptors (Lipinski definition) is 7. The van der Waals surface area contributed by atoms with Gasteiger partial charge in [0.05, 0.1) is 22.6 Å². The van der Waals surface area contributed by atoms with E-state index in [1.54, 1.807) is 23.3 Å². The Bertz CT molecular complexity index is 1160. The number of thiophene rings is 1. The predicted molar refractivity (Wildman–Crippen MR) is 118 cm³/mol. The Morgan fingerprint density at radius 1 is 1.28 bits per heavy atom. The van der Waals surface area contributed by atoms with Crippen LogP contribution in [-0.4, -0.2) is 59.5 Å². The lowest BCUT2D eigenvalue weighted by molar-refractivity contribution is -0.128. The molecule has 1 aromatic carbocycles. The van der Waals surface area contributed by atoms with Crippen LogP contribution in [0.5, 0.6) is 0 Å². The van der Waals surface area contributed by atoms with Gasteiger partial charge < -0.3 is 4.90 Å². The van der Waals surface area contributed by atoms with Gasteiger partial charge in [0.1, 0.15) is 16.2 Å². The van der Waals surface area contributed by atoms with E-state index in [9.17, 15) is 13.2 Å². The van der Waals surface area contributed by atoms with Crippen molar-refractivity contribution in [1.29, 1.82) is 0 Å². The van der Waals surface area contributed by atoms with Crippen molar-refractivity contribution >= 4 is 49.1 Å². The molecule has 4 rings (SSSR count). The maximum atomic E-state index is 12.7. The summed E-state index contributed by atoms with van der Waals surface area (Å²) in [5.74, 6) is 0.335. The Hall–Kier alpha value is -1.97. The molecule has 0 N–H and O–H groups in total. The molecule has 1 saturated heterocycles. The van der Waals surface area contributed by atoms with Crippen LogP contribution in [0, 0.1) is 6.92 Å². The predicted octanol–water partition coefficient (Wildman–Crippen LogP) is 3.40. The molecular formula is C20H21N3O3S3. The summed E-state index contributed by atoms with van der Waals surface area (Å²) in [6.45, 7) is 2.05. The number of hydrogen-bond donors (Lipinski definition) is 0. The molecule has 0 unspecified atom stereocenters. The SMILES string of the molecule is Cc1ccc(-c2csc3ncnc(SCC(=O)N(C)[C@@H]4CCS(=O)(=O)C4)c23)cc1. The minimum absolute atomic E-state index is 0.0553. The number of amides is 1. The average Bonchev–Trinajstić information content (AvgIpc) is 3.29. The van der Waals surface area contributed by atoms with Crippen LogP contribution in [0.1, 0.15) is 12.0 Å². The van der Waals surface area contributed by atoms with Gasteiger partial charge in [-0.25, -0.2) is 18.4 Å². The van der Waals surface area contributed by atoms with Gasteiger partial charge >= 0.3 is 0 Å². The Kier molecular flexibility index (Phi) is 5.63. The second kappa shape index (κ2) is 8.04. The minimum atomic E-state index is -3.02. The monoisotopic (exact) mass is 447 g/mol. The summed E-state index contributed by atoms with van der Waals surface area (Å²) in [6.07, 6.45) is 2.03. The molecule has 0 bridgehead atoms. The highest BCUT2D eigenvalue weighted by Gasteiger charge is 2.32. The highest BCUT2D eigenvalue weighted by atomic mass is 32.2. The van der Waals surface area contributed by atoms with Crippen molar-refractivity contribution in [3.63, 3.8) is 0 Å². The van der Waals surface area contributed by atoms with E-state index in [1.165, 1.54) is 23.7 Å². The van der Waals surface area contributed by atoms with Gasteiger partial charge in [-0.15, -0.1) is 11.3 Å². The molecule has 29 heavy (non-hydrogen) atoms. The van der Waals surface area contributed by atoms with E-state index in [-0.39, 0.29) is 29.2 Å². The summed E-state index contributed by atoms with van der Waals surface area (Å²) >= 11 is 2.94. The van der Waals surface area contributed by atoms with Gasteiger partial charge in [0.2, 0.25) is 5.91 Å². The molecule has 152 valence electrons. The maximum Gasteiger partial charge on any atom is 0.233 e. The van der Waals surface area contributed by atoms with Crippen LogP contribution >= 0.6 is 23.1 Å². The third kappa shape index (κ3) is 4.31. The van der Waals surface area contributed by atoms with Gasteiger partial charge in [0.25, 0.3) is 0 Å². The van der Waals surface area contributed by atoms with Crippen molar-refractivity contribution in [1.82, 2.24) is 14.9 Å². The van der Waals surface area contributed by atoms with E-state index in [4.69, 9.17) is 0 Å². The molecular weight excluding hydrogens is 426 g/mol. The molecule has 2 aromatic heterocycles. The first-order valence-electron chi connectivity index (χ1n) is 9.22. The molecule has 9 heteroatoms. The van der Waals surface area contributed by atoms with Gasteiger partial charge in [-0.3, -0.25) is 4.79 Å². The molecule has 1 atom stereocenters. The molecule has 6 nitrogen and oxygen atoms in total. The lowest BCUT2D eigenvalue weighted by atomic mass is 10.1. The number of rotatable bonds is 5. The second-order valence-corrected chi connectivity index (χ2v) is 11.3. The summed E-state index contributed by atoms with van der Waals surface area (Å²) in [6, 6.07) is 8.07. The lowest BCUT2D eigenvalue weighted by Gasteiger charge is -2.23. The van der Waals surface area contributed by atoms with E-state index in [0.717, 1.165) is 26.4 Å². The highest BCUT2D eigenvalue weighted by Crippen LogP contribution is 2.38. The van der Waals surface area contributed by atoms with E-state index in [1.807, 2.05) is 0 Å². The molecule has 1 aliphatic rings. The Balaban J connectivity index is 1.54. The first-order chi connectivity index (χ1) is 13.8. The summed E-state index contributed by atoms with van der Waals surface area (Å²) in [5.41, 5.74) is 3.36. The van der Waals surface area contributed by atoms with Crippen LogP contribution in [0.15, 0.2) is 41.0 Å². The van der Waals surface area contributed by atoms with Crippen LogP contribution in [-0.2, 0) is 14.6 Å². The Morgan fingerprint density at radius 3 is 2.72 bits per heavy atom. The molecule has 3 heterocycles. The fourth-order valence-corrected chi connectivity index (χ4v) is 7.11. The highest BCUT2D eigenvalue weighted by molar-refractivity contribution is 8.00. The number of aromatic nitrogens is 2. The topological polar surface area (TPSA) is 80.2 Å². The summed E-state index contributed by atoms with van der Waals surface area (Å²) in [5, 5.41) is 3.81. The lowest BCUT2D eigenvalue weighted by Crippen LogP contribution is -2.38. The average molecular weight is 448 g/mol. The van der Waals surface area contributed by atoms with Crippen molar-refractivity contribution < 1.29 is 13.2 Å². The first-order valence-corrected chi connectivity index (χ1v) is 12.9. The quantitative estimate of drug-likeness (QED) is 0.440. The fraction of sp³-hybridized carbons (Fsp3) is 0.350. The number of benzene rings is 1. The minimum Gasteiger partial charge on any atom is -0.341 e. The fourth-order valence-electron chi connectivity index (χ4n) is 3.42. The Morgan fingerprint density at radius 2 is 2.03 bits per heavy atom. The molecule has 0 aliphatic carbocycles. The van der Waals surface area contributed by atoms with Gasteiger partial charge in [-0.2, -0.15) is 0 Å². The van der Waals surface area contributed by atoms with Crippen molar-refractivity contribution in [2.45, 2.75) is 24.4 Å². The van der Waals surface area contributed by atoms with Crippen LogP contribution in [0.4, 0.5) is 0 Å². The zero-order chi connectivity index (χ0) is 20.6. The van der Waals surface area contributed by atoms with Crippen LogP contribution in [0.25, 0.3) is 21.3 Å². The standard InChI is InChI=1S/C20H21N3O3S3/c1-13-3-5-14(6-4-13)16-9-27-19-18(16)20(22-12-21-19)28-10-17(24)23(2)15-7-8-29(25,26)11-15/h3-6,9,12,15H,7-8,10-11H2,1-2H3/t15-/m1/s1. The van der Waals surface area contributed by atoms with E-state index in [0.29, 0.717) is 6.42 Å². The second-order valence-electron chi connectivity index (χ2n) is 7.22. The van der Waals surface area contributed by atoms with Gasteiger partial charge in [0.15, 0.2) is 9.84 Å². The molecule has 0 radical (unpaired) electrons. The van der Waals surface area contributed by atoms with Crippen molar-refractivity contribution in [3.8, 4) is 11.1 Å². The van der Waals surface area contributed by atoms with Crippen LogP contribution in [0.3, 0.4) is 0 Å². The normalized spacial score (nSPS) is 18.2. The first kappa shape index (κ1) is 20.3. The van der Waals surface area contributed by atoms with Crippen molar-refractivity contribution in [2.24, 2.45) is 0 Å². The van der Waals surface area contributed by atoms with Crippen LogP contribution in [0.2, 0.25) is 0 Å². The van der Waals surface area contributed by atoms with Crippen molar-refractivity contribution in [2.75, 3.05) is 24.3 Å². The molecule has 3 aromatic rings. The number of carbonyl (C=O) groups excluding carboxylic acids is 1. The number of thioether (sulfide) groups is 1. The zero-order valence-corrected chi connectivity index (χ0v) is 18.6. The maximum absolute atomic E-state index is 12.7. The van der Waals surface area contributed by atoms with E-state index < -0.39 is 9.84 Å². The zero-order valence-electron chi connectivity index (χ0n) is 16.2. The van der Waals surface area contributed by atoms with Gasteiger partial charge in [-0.1, -0.05) is 41.6 Å². The van der Waals surface area contributed by atoms with E-state index in [2.05, 4.69) is 46.5 Å². The Labute approximate surface area is 178 Å². The third-order valence-corrected chi connectivity index (χ3v) is 8.79.